The van der Waals surface area contributed by atoms with Crippen LogP contribution in [0, 0.1) is 0 Å². The molecular formula is C26H21ClN2O5. The van der Waals surface area contributed by atoms with E-state index in [0.717, 1.165) is 5.56 Å². The van der Waals surface area contributed by atoms with Gasteiger partial charge in [0.2, 0.25) is 0 Å². The van der Waals surface area contributed by atoms with Crippen LogP contribution in [0.1, 0.15) is 28.4 Å². The molecule has 1 heterocycles. The first-order valence-electron chi connectivity index (χ1n) is 10.4. The minimum Gasteiger partial charge on any atom is -0.493 e. The zero-order valence-corrected chi connectivity index (χ0v) is 19.2. The highest BCUT2D eigenvalue weighted by atomic mass is 35.5. The predicted molar refractivity (Wildman–Crippen MR) is 131 cm³/mol. The second-order valence-corrected chi connectivity index (χ2v) is 7.93. The SMILES string of the molecule is COc1cc(/C=C2/C(=O)N(c3cccc(C(=O)O)c3)N=C2C)cc(Cl)c1OCc1ccccc1. The molecule has 3 aromatic rings. The van der Waals surface area contributed by atoms with E-state index >= 15 is 0 Å². The minimum absolute atomic E-state index is 0.0678. The first-order chi connectivity index (χ1) is 16.4. The molecule has 8 heteroatoms. The number of anilines is 1. The molecule has 7 nitrogen and oxygen atoms in total. The molecule has 172 valence electrons. The van der Waals surface area contributed by atoms with Crippen molar-refractivity contribution >= 4 is 41.0 Å². The van der Waals surface area contributed by atoms with Crippen LogP contribution in [0.4, 0.5) is 5.69 Å². The van der Waals surface area contributed by atoms with Gasteiger partial charge >= 0.3 is 5.97 Å². The summed E-state index contributed by atoms with van der Waals surface area (Å²) in [6.45, 7) is 2.03. The Morgan fingerprint density at radius 1 is 1.12 bits per heavy atom. The third-order valence-electron chi connectivity index (χ3n) is 5.19. The number of nitrogens with zero attached hydrogens (tertiary/aromatic N) is 2. The van der Waals surface area contributed by atoms with Crippen molar-refractivity contribution in [3.05, 3.63) is 94.0 Å². The summed E-state index contributed by atoms with van der Waals surface area (Å²) in [5.74, 6) is -0.618. The van der Waals surface area contributed by atoms with Gasteiger partial charge in [-0.2, -0.15) is 10.1 Å². The van der Waals surface area contributed by atoms with Gasteiger partial charge in [-0.15, -0.1) is 0 Å². The normalized spacial score (nSPS) is 14.3. The number of hydrogen-bond donors (Lipinski definition) is 1. The van der Waals surface area contributed by atoms with Crippen LogP contribution in [0.25, 0.3) is 6.08 Å². The molecule has 1 amide bonds. The number of carbonyl (C=O) groups is 2. The molecule has 3 aromatic carbocycles. The lowest BCUT2D eigenvalue weighted by Gasteiger charge is -2.14. The summed E-state index contributed by atoms with van der Waals surface area (Å²) in [6, 6.07) is 19.1. The standard InChI is InChI=1S/C26H21ClN2O5/c1-16-21(25(30)29(28-16)20-10-6-9-19(14-20)26(31)32)11-18-12-22(27)24(23(13-18)33-2)34-15-17-7-4-3-5-8-17/h3-14H,15H2,1-2H3,(H,31,32)/b21-11+. The smallest absolute Gasteiger partial charge is 0.335 e. The molecule has 0 radical (unpaired) electrons. The lowest BCUT2D eigenvalue weighted by molar-refractivity contribution is -0.114. The van der Waals surface area contributed by atoms with Gasteiger partial charge in [0.1, 0.15) is 6.61 Å². The number of halogens is 1. The number of methoxy groups -OCH3 is 1. The Morgan fingerprint density at radius 2 is 1.88 bits per heavy atom. The molecule has 1 aliphatic rings. The van der Waals surface area contributed by atoms with E-state index in [1.807, 2.05) is 30.3 Å². The van der Waals surface area contributed by atoms with Crippen molar-refractivity contribution in [1.82, 2.24) is 0 Å². The summed E-state index contributed by atoms with van der Waals surface area (Å²) in [4.78, 5) is 24.4. The molecule has 34 heavy (non-hydrogen) atoms. The fourth-order valence-electron chi connectivity index (χ4n) is 3.49. The fraction of sp³-hybridized carbons (Fsp3) is 0.115. The number of carbonyl (C=O) groups excluding carboxylic acids is 1. The zero-order valence-electron chi connectivity index (χ0n) is 18.5. The van der Waals surface area contributed by atoms with Crippen LogP contribution in [0.15, 0.2) is 77.4 Å². The van der Waals surface area contributed by atoms with Crippen molar-refractivity contribution < 1.29 is 24.2 Å². The molecule has 0 atom stereocenters. The van der Waals surface area contributed by atoms with Gasteiger partial charge < -0.3 is 14.6 Å². The molecule has 0 bridgehead atoms. The van der Waals surface area contributed by atoms with Gasteiger partial charge in [-0.3, -0.25) is 4.79 Å². The highest BCUT2D eigenvalue weighted by Crippen LogP contribution is 2.38. The number of amides is 1. The summed E-state index contributed by atoms with van der Waals surface area (Å²) in [5.41, 5.74) is 2.91. The van der Waals surface area contributed by atoms with Gasteiger partial charge in [0.15, 0.2) is 11.5 Å². The molecule has 4 rings (SSSR count). The molecule has 1 N–H and O–H groups in total. The highest BCUT2D eigenvalue weighted by molar-refractivity contribution is 6.33. The number of ether oxygens (including phenoxy) is 2. The molecule has 0 fully saturated rings. The predicted octanol–water partition coefficient (Wildman–Crippen LogP) is 5.43. The summed E-state index contributed by atoms with van der Waals surface area (Å²) in [5, 5.41) is 15.1. The number of hydrazone groups is 1. The first-order valence-corrected chi connectivity index (χ1v) is 10.7. The maximum absolute atomic E-state index is 13.1. The van der Waals surface area contributed by atoms with E-state index in [1.54, 1.807) is 37.3 Å². The average molecular weight is 477 g/mol. The summed E-state index contributed by atoms with van der Waals surface area (Å²) < 4.78 is 11.4. The largest absolute Gasteiger partial charge is 0.493 e. The van der Waals surface area contributed by atoms with E-state index in [0.29, 0.717) is 45.7 Å². The van der Waals surface area contributed by atoms with Crippen LogP contribution in [0.5, 0.6) is 11.5 Å². The van der Waals surface area contributed by atoms with E-state index in [1.165, 1.54) is 24.3 Å². The summed E-state index contributed by atoms with van der Waals surface area (Å²) >= 11 is 6.49. The van der Waals surface area contributed by atoms with Crippen LogP contribution in [0.2, 0.25) is 5.02 Å². The second kappa shape index (κ2) is 9.80. The first kappa shape index (κ1) is 23.1. The molecule has 1 aliphatic heterocycles. The molecule has 0 aliphatic carbocycles. The van der Waals surface area contributed by atoms with Crippen molar-refractivity contribution in [3.8, 4) is 11.5 Å². The number of hydrogen-bond acceptors (Lipinski definition) is 5. The number of benzene rings is 3. The Hall–Kier alpha value is -4.10. The third-order valence-corrected chi connectivity index (χ3v) is 5.47. The fourth-order valence-corrected chi connectivity index (χ4v) is 3.76. The Morgan fingerprint density at radius 3 is 2.59 bits per heavy atom. The molecule has 0 saturated carbocycles. The van der Waals surface area contributed by atoms with Gasteiger partial charge in [-0.05, 0) is 54.5 Å². The van der Waals surface area contributed by atoms with Crippen LogP contribution in [-0.2, 0) is 11.4 Å². The number of carboxylic acids is 1. The van der Waals surface area contributed by atoms with Crippen LogP contribution < -0.4 is 14.5 Å². The zero-order chi connectivity index (χ0) is 24.2. The van der Waals surface area contributed by atoms with Gasteiger partial charge in [-0.25, -0.2) is 4.79 Å². The Kier molecular flexibility index (Phi) is 6.65. The second-order valence-electron chi connectivity index (χ2n) is 7.52. The van der Waals surface area contributed by atoms with Gasteiger partial charge in [0, 0.05) is 0 Å². The highest BCUT2D eigenvalue weighted by Gasteiger charge is 2.29. The maximum Gasteiger partial charge on any atom is 0.335 e. The number of carboxylic acid groups (broad SMARTS) is 1. The molecule has 0 saturated heterocycles. The van der Waals surface area contributed by atoms with E-state index in [4.69, 9.17) is 21.1 Å². The van der Waals surface area contributed by atoms with Gasteiger partial charge in [0.25, 0.3) is 5.91 Å². The minimum atomic E-state index is -1.08. The van der Waals surface area contributed by atoms with Gasteiger partial charge in [-0.1, -0.05) is 48.0 Å². The van der Waals surface area contributed by atoms with Crippen molar-refractivity contribution in [1.29, 1.82) is 0 Å². The average Bonchev–Trinajstić information content (AvgIpc) is 3.12. The maximum atomic E-state index is 13.1. The van der Waals surface area contributed by atoms with Crippen molar-refractivity contribution in [3.63, 3.8) is 0 Å². The van der Waals surface area contributed by atoms with E-state index < -0.39 is 5.97 Å². The van der Waals surface area contributed by atoms with Crippen molar-refractivity contribution in [2.75, 3.05) is 12.1 Å². The molecule has 0 aromatic heterocycles. The number of aromatic carboxylic acids is 1. The monoisotopic (exact) mass is 476 g/mol. The van der Waals surface area contributed by atoms with Crippen LogP contribution >= 0.6 is 11.6 Å². The quantitative estimate of drug-likeness (QED) is 0.459. The van der Waals surface area contributed by atoms with E-state index in [-0.39, 0.29) is 11.5 Å². The molecule has 0 unspecified atom stereocenters. The van der Waals surface area contributed by atoms with Crippen LogP contribution in [-0.4, -0.2) is 29.8 Å². The van der Waals surface area contributed by atoms with Crippen LogP contribution in [0.3, 0.4) is 0 Å². The molecular weight excluding hydrogens is 456 g/mol. The molecule has 0 spiro atoms. The van der Waals surface area contributed by atoms with E-state index in [9.17, 15) is 14.7 Å². The summed E-state index contributed by atoms with van der Waals surface area (Å²) in [7, 11) is 1.52. The lowest BCUT2D eigenvalue weighted by atomic mass is 10.1. The van der Waals surface area contributed by atoms with Gasteiger partial charge in [0.05, 0.1) is 34.7 Å². The van der Waals surface area contributed by atoms with Crippen molar-refractivity contribution in [2.24, 2.45) is 5.10 Å². The Balaban J connectivity index is 1.60. The Bertz CT molecular complexity index is 1320. The van der Waals surface area contributed by atoms with E-state index in [2.05, 4.69) is 5.10 Å². The Labute approximate surface area is 201 Å². The lowest BCUT2D eigenvalue weighted by Crippen LogP contribution is -2.21. The number of rotatable bonds is 7. The topological polar surface area (TPSA) is 88.4 Å². The summed E-state index contributed by atoms with van der Waals surface area (Å²) in [6.07, 6.45) is 1.66. The van der Waals surface area contributed by atoms with Crippen molar-refractivity contribution in [2.45, 2.75) is 13.5 Å². The third kappa shape index (κ3) is 4.79.